The zero-order valence-electron chi connectivity index (χ0n) is 20.4. The molecule has 0 unspecified atom stereocenters. The van der Waals surface area contributed by atoms with E-state index in [1.54, 1.807) is 0 Å². The molecule has 0 bridgehead atoms. The molecule has 0 aromatic heterocycles. The average molecular weight is 368 g/mol. The number of carbonyl (C=O) groups is 1. The third-order valence-corrected chi connectivity index (χ3v) is 6.72. The van der Waals surface area contributed by atoms with E-state index < -0.39 is 5.41 Å². The van der Waals surface area contributed by atoms with E-state index >= 15 is 0 Å². The van der Waals surface area contributed by atoms with Gasteiger partial charge in [-0.05, 0) is 51.4 Å². The molecule has 0 aromatic carbocycles. The Hall–Kier alpha value is -0.370. The molecule has 156 valence electrons. The summed E-state index contributed by atoms with van der Waals surface area (Å²) in [5.74, 6) is 1.79. The van der Waals surface area contributed by atoms with E-state index in [1.165, 1.54) is 0 Å². The van der Waals surface area contributed by atoms with Gasteiger partial charge in [0.25, 0.3) is 0 Å². The average Bonchev–Trinajstić information content (AvgIpc) is 2.43. The highest BCUT2D eigenvalue weighted by molar-refractivity contribution is 5.88. The van der Waals surface area contributed by atoms with Gasteiger partial charge in [-0.15, -0.1) is 0 Å². The lowest BCUT2D eigenvalue weighted by Crippen LogP contribution is -2.74. The normalized spacial score (nSPS) is 14.4. The van der Waals surface area contributed by atoms with Crippen LogP contribution in [0.5, 0.6) is 0 Å². The molecule has 0 amide bonds. The molecule has 0 radical (unpaired) electrons. The molecule has 2 nitrogen and oxygen atoms in total. The van der Waals surface area contributed by atoms with Crippen LogP contribution in [0.15, 0.2) is 0 Å². The molecular weight excluding hydrogens is 318 g/mol. The smallest absolute Gasteiger partial charge is 0.143 e. The topological polar surface area (TPSA) is 20.3 Å². The summed E-state index contributed by atoms with van der Waals surface area (Å²) in [5.41, 5.74) is -0.586. The van der Waals surface area contributed by atoms with Crippen molar-refractivity contribution in [1.82, 2.24) is 4.90 Å². The Kier molecular flexibility index (Phi) is 9.08. The fourth-order valence-electron chi connectivity index (χ4n) is 6.72. The molecule has 0 heterocycles. The summed E-state index contributed by atoms with van der Waals surface area (Å²) in [6, 6.07) is 0.772. The van der Waals surface area contributed by atoms with Crippen LogP contribution in [0.25, 0.3) is 0 Å². The van der Waals surface area contributed by atoms with E-state index in [2.05, 4.69) is 102 Å². The van der Waals surface area contributed by atoms with Gasteiger partial charge in [-0.2, -0.15) is 0 Å². The van der Waals surface area contributed by atoms with Crippen LogP contribution >= 0.6 is 0 Å². The van der Waals surface area contributed by atoms with Gasteiger partial charge in [-0.3, -0.25) is 9.69 Å². The van der Waals surface area contributed by atoms with Gasteiger partial charge in [0.15, 0.2) is 0 Å². The van der Waals surface area contributed by atoms with Crippen LogP contribution in [0.4, 0.5) is 0 Å². The van der Waals surface area contributed by atoms with Crippen molar-refractivity contribution in [3.63, 3.8) is 0 Å². The fourth-order valence-corrected chi connectivity index (χ4v) is 6.72. The molecule has 0 saturated heterocycles. The van der Waals surface area contributed by atoms with Crippen LogP contribution in [0, 0.1) is 35.0 Å². The first-order valence-corrected chi connectivity index (χ1v) is 11.0. The number of hydrogen-bond acceptors (Lipinski definition) is 2. The number of rotatable bonds is 10. The second kappa shape index (κ2) is 9.22. The Labute approximate surface area is 165 Å². The first-order valence-electron chi connectivity index (χ1n) is 11.0. The third-order valence-electron chi connectivity index (χ3n) is 6.72. The Morgan fingerprint density at radius 2 is 0.885 bits per heavy atom. The maximum atomic E-state index is 14.0. The Morgan fingerprint density at radius 1 is 0.577 bits per heavy atom. The second-order valence-corrected chi connectivity index (χ2v) is 10.4. The number of nitrogens with zero attached hydrogens (tertiary/aromatic N) is 1. The van der Waals surface area contributed by atoms with Crippen molar-refractivity contribution in [3.8, 4) is 0 Å². The van der Waals surface area contributed by atoms with Crippen molar-refractivity contribution in [2.75, 3.05) is 0 Å². The van der Waals surface area contributed by atoms with Crippen LogP contribution in [0.1, 0.15) is 96.9 Å². The maximum Gasteiger partial charge on any atom is 0.143 e. The fraction of sp³-hybridized carbons (Fsp3) is 0.958. The quantitative estimate of drug-likeness (QED) is 0.429. The summed E-state index contributed by atoms with van der Waals surface area (Å²) in [6.07, 6.45) is 0. The summed E-state index contributed by atoms with van der Waals surface area (Å²) in [4.78, 5) is 16.7. The molecule has 2 heteroatoms. The zero-order chi connectivity index (χ0) is 21.2. The molecule has 0 atom stereocenters. The maximum absolute atomic E-state index is 14.0. The SMILES string of the molecule is CC(C)C(=O)C(C(C)C)(C(C)C)C(C(C)C)(C(C)C)N(C(C)C)C(C)C. The molecule has 0 rings (SSSR count). The van der Waals surface area contributed by atoms with E-state index in [4.69, 9.17) is 0 Å². The predicted octanol–water partition coefficient (Wildman–Crippen LogP) is 6.68. The molecule has 0 aliphatic rings. The predicted molar refractivity (Wildman–Crippen MR) is 116 cm³/mol. The van der Waals surface area contributed by atoms with E-state index in [1.807, 2.05) is 0 Å². The molecule has 0 saturated carbocycles. The Balaban J connectivity index is 7.41. The van der Waals surface area contributed by atoms with Crippen molar-refractivity contribution < 1.29 is 4.79 Å². The summed E-state index contributed by atoms with van der Waals surface area (Å²) < 4.78 is 0. The van der Waals surface area contributed by atoms with Crippen molar-refractivity contribution in [2.24, 2.45) is 35.0 Å². The van der Waals surface area contributed by atoms with Crippen molar-refractivity contribution in [3.05, 3.63) is 0 Å². The number of ketones is 1. The largest absolute Gasteiger partial charge is 0.299 e. The first kappa shape index (κ1) is 25.6. The van der Waals surface area contributed by atoms with E-state index in [0.29, 0.717) is 29.7 Å². The van der Waals surface area contributed by atoms with Crippen LogP contribution < -0.4 is 0 Å². The number of hydrogen-bond donors (Lipinski definition) is 0. The van der Waals surface area contributed by atoms with E-state index in [9.17, 15) is 4.79 Å². The number of carbonyl (C=O) groups excluding carboxylic acids is 1. The van der Waals surface area contributed by atoms with Gasteiger partial charge in [-0.1, -0.05) is 69.2 Å². The Bertz CT molecular complexity index is 419. The van der Waals surface area contributed by atoms with Crippen molar-refractivity contribution >= 4 is 5.78 Å². The van der Waals surface area contributed by atoms with Crippen molar-refractivity contribution in [2.45, 2.75) is 115 Å². The molecule has 0 aromatic rings. The van der Waals surface area contributed by atoms with Gasteiger partial charge in [0.05, 0.1) is 5.41 Å². The van der Waals surface area contributed by atoms with Gasteiger partial charge in [0.2, 0.25) is 0 Å². The summed E-state index contributed by atoms with van der Waals surface area (Å²) in [6.45, 7) is 31.8. The van der Waals surface area contributed by atoms with Gasteiger partial charge < -0.3 is 0 Å². The minimum absolute atomic E-state index is 0.0397. The summed E-state index contributed by atoms with van der Waals surface area (Å²) in [5, 5.41) is 0. The Morgan fingerprint density at radius 3 is 1.04 bits per heavy atom. The van der Waals surface area contributed by atoms with Crippen LogP contribution in [-0.2, 0) is 4.79 Å². The van der Waals surface area contributed by atoms with Crippen LogP contribution in [0.3, 0.4) is 0 Å². The van der Waals surface area contributed by atoms with Crippen LogP contribution in [0.2, 0.25) is 0 Å². The molecular formula is C24H49NO. The zero-order valence-corrected chi connectivity index (χ0v) is 20.4. The lowest BCUT2D eigenvalue weighted by molar-refractivity contribution is -0.186. The highest BCUT2D eigenvalue weighted by Gasteiger charge is 2.65. The van der Waals surface area contributed by atoms with Gasteiger partial charge in [-0.25, -0.2) is 0 Å². The number of Topliss-reactive ketones (excluding diaryl/α,β-unsaturated/α-hetero) is 1. The van der Waals surface area contributed by atoms with Gasteiger partial charge in [0, 0.05) is 23.5 Å². The molecule has 26 heavy (non-hydrogen) atoms. The minimum atomic E-state index is -0.391. The molecule has 0 spiro atoms. The van der Waals surface area contributed by atoms with Crippen molar-refractivity contribution in [1.29, 1.82) is 0 Å². The third kappa shape index (κ3) is 3.77. The highest BCUT2D eigenvalue weighted by Crippen LogP contribution is 2.58. The monoisotopic (exact) mass is 367 g/mol. The van der Waals surface area contributed by atoms with Crippen LogP contribution in [-0.4, -0.2) is 28.3 Å². The van der Waals surface area contributed by atoms with Gasteiger partial charge >= 0.3 is 0 Å². The molecule has 0 N–H and O–H groups in total. The summed E-state index contributed by atoms with van der Waals surface area (Å²) in [7, 11) is 0. The standard InChI is InChI=1S/C24H49NO/c1-15(2)22(26)23(16(3)4,17(5)6)24(18(7)8,19(9)10)25(20(11)12)21(13)14/h15-21H,1-14H3. The summed E-state index contributed by atoms with van der Waals surface area (Å²) >= 11 is 0. The first-order chi connectivity index (χ1) is 11.6. The minimum Gasteiger partial charge on any atom is -0.299 e. The molecule has 0 fully saturated rings. The molecule has 0 aliphatic carbocycles. The lowest BCUT2D eigenvalue weighted by atomic mass is 9.46. The van der Waals surface area contributed by atoms with E-state index in [-0.39, 0.29) is 23.3 Å². The lowest BCUT2D eigenvalue weighted by Gasteiger charge is -2.66. The highest BCUT2D eigenvalue weighted by atomic mass is 16.1. The van der Waals surface area contributed by atoms with E-state index in [0.717, 1.165) is 0 Å². The molecule has 0 aliphatic heterocycles. The second-order valence-electron chi connectivity index (χ2n) is 10.4. The van der Waals surface area contributed by atoms with Gasteiger partial charge in [0.1, 0.15) is 5.78 Å².